The van der Waals surface area contributed by atoms with E-state index in [0.29, 0.717) is 0 Å². The molecule has 0 aliphatic carbocycles. The molecule has 0 saturated heterocycles. The minimum Gasteiger partial charge on any atom is -0.455 e. The summed E-state index contributed by atoms with van der Waals surface area (Å²) in [5.74, 6) is 0.768. The molecule has 8 aromatic rings. The van der Waals surface area contributed by atoms with Gasteiger partial charge in [0.2, 0.25) is 0 Å². The first kappa shape index (κ1) is 24.2. The highest BCUT2D eigenvalue weighted by molar-refractivity contribution is 6.22. The molecule has 4 aromatic heterocycles. The van der Waals surface area contributed by atoms with Crippen LogP contribution in [0.5, 0.6) is 0 Å². The molecule has 4 heterocycles. The fourth-order valence-electron chi connectivity index (χ4n) is 6.05. The lowest BCUT2D eigenvalue weighted by Gasteiger charge is -2.12. The molecule has 0 unspecified atom stereocenters. The van der Waals surface area contributed by atoms with Gasteiger partial charge in [-0.15, -0.1) is 0 Å². The standard InChI is InChI=1S/C38H25N3O/c1-3-9-27-28-18-19-30-34(38(28)42-33(27)4-2)29-13-5-6-14-32(29)41-35(30)26-11-7-10-25(22-26)31-20-17-24-16-15-23-12-8-21-39-36(23)37(24)40-31/h3-22H,2H2,1H3/b9-3-. The van der Waals surface area contributed by atoms with Crippen molar-refractivity contribution < 1.29 is 4.42 Å². The molecule has 4 aromatic carbocycles. The van der Waals surface area contributed by atoms with Crippen LogP contribution in [0.15, 0.2) is 120 Å². The minimum absolute atomic E-state index is 0.768. The van der Waals surface area contributed by atoms with Crippen LogP contribution < -0.4 is 0 Å². The second-order valence-corrected chi connectivity index (χ2v) is 10.4. The number of rotatable bonds is 4. The molecule has 0 bridgehead atoms. The van der Waals surface area contributed by atoms with Gasteiger partial charge in [-0.25, -0.2) is 9.97 Å². The Morgan fingerprint density at radius 2 is 1.52 bits per heavy atom. The van der Waals surface area contributed by atoms with Gasteiger partial charge in [-0.3, -0.25) is 4.98 Å². The molecule has 0 radical (unpaired) electrons. The van der Waals surface area contributed by atoms with Crippen LogP contribution in [0.2, 0.25) is 0 Å². The van der Waals surface area contributed by atoms with Gasteiger partial charge >= 0.3 is 0 Å². The van der Waals surface area contributed by atoms with Crippen molar-refractivity contribution in [2.75, 3.05) is 0 Å². The smallest absolute Gasteiger partial charge is 0.144 e. The van der Waals surface area contributed by atoms with Gasteiger partial charge in [0.1, 0.15) is 11.3 Å². The van der Waals surface area contributed by atoms with E-state index in [1.54, 1.807) is 6.08 Å². The number of furan rings is 1. The van der Waals surface area contributed by atoms with Gasteiger partial charge in [0.15, 0.2) is 0 Å². The summed E-state index contributed by atoms with van der Waals surface area (Å²) < 4.78 is 6.47. The van der Waals surface area contributed by atoms with Crippen molar-refractivity contribution in [1.29, 1.82) is 0 Å². The Labute approximate surface area is 242 Å². The van der Waals surface area contributed by atoms with E-state index in [0.717, 1.165) is 88.3 Å². The summed E-state index contributed by atoms with van der Waals surface area (Å²) in [6.07, 6.45) is 7.72. The predicted molar refractivity (Wildman–Crippen MR) is 175 cm³/mol. The van der Waals surface area contributed by atoms with Crippen molar-refractivity contribution in [3.8, 4) is 22.5 Å². The summed E-state index contributed by atoms with van der Waals surface area (Å²) in [5.41, 5.74) is 8.47. The summed E-state index contributed by atoms with van der Waals surface area (Å²) >= 11 is 0. The van der Waals surface area contributed by atoms with E-state index in [-0.39, 0.29) is 0 Å². The molecule has 42 heavy (non-hydrogen) atoms. The molecule has 0 fully saturated rings. The summed E-state index contributed by atoms with van der Waals surface area (Å²) in [6, 6.07) is 33.5. The highest BCUT2D eigenvalue weighted by Crippen LogP contribution is 2.41. The third-order valence-electron chi connectivity index (χ3n) is 7.97. The number of hydrogen-bond donors (Lipinski definition) is 0. The van der Waals surface area contributed by atoms with Gasteiger partial charge in [0.05, 0.1) is 27.9 Å². The molecule has 0 N–H and O–H groups in total. The minimum atomic E-state index is 0.768. The maximum atomic E-state index is 6.47. The summed E-state index contributed by atoms with van der Waals surface area (Å²) in [4.78, 5) is 14.9. The van der Waals surface area contributed by atoms with Gasteiger partial charge in [-0.1, -0.05) is 85.5 Å². The van der Waals surface area contributed by atoms with Crippen LogP contribution in [-0.2, 0) is 0 Å². The molecule has 0 saturated carbocycles. The van der Waals surface area contributed by atoms with Crippen molar-refractivity contribution >= 4 is 66.6 Å². The monoisotopic (exact) mass is 539 g/mol. The van der Waals surface area contributed by atoms with E-state index in [1.807, 2.05) is 31.3 Å². The number of aromatic nitrogens is 3. The number of allylic oxidation sites excluding steroid dienone is 1. The predicted octanol–water partition coefficient (Wildman–Crippen LogP) is 10.2. The first-order chi connectivity index (χ1) is 20.7. The van der Waals surface area contributed by atoms with E-state index >= 15 is 0 Å². The molecule has 198 valence electrons. The van der Waals surface area contributed by atoms with Gasteiger partial charge in [0, 0.05) is 55.2 Å². The Bertz CT molecular complexity index is 2400. The van der Waals surface area contributed by atoms with Crippen LogP contribution >= 0.6 is 0 Å². The summed E-state index contributed by atoms with van der Waals surface area (Å²) in [6.45, 7) is 6.02. The van der Waals surface area contributed by atoms with E-state index < -0.39 is 0 Å². The van der Waals surface area contributed by atoms with E-state index in [2.05, 4.69) is 103 Å². The van der Waals surface area contributed by atoms with Crippen LogP contribution in [0.4, 0.5) is 0 Å². The molecule has 0 atom stereocenters. The zero-order chi connectivity index (χ0) is 28.2. The normalized spacial score (nSPS) is 11.9. The average molecular weight is 540 g/mol. The third kappa shape index (κ3) is 3.66. The van der Waals surface area contributed by atoms with Crippen molar-refractivity contribution in [3.05, 3.63) is 127 Å². The molecular weight excluding hydrogens is 514 g/mol. The maximum Gasteiger partial charge on any atom is 0.144 e. The highest BCUT2D eigenvalue weighted by Gasteiger charge is 2.19. The van der Waals surface area contributed by atoms with Crippen LogP contribution in [0, 0.1) is 0 Å². The van der Waals surface area contributed by atoms with Crippen molar-refractivity contribution in [3.63, 3.8) is 0 Å². The molecule has 4 heteroatoms. The fourth-order valence-corrected chi connectivity index (χ4v) is 6.05. The quantitative estimate of drug-likeness (QED) is 0.209. The first-order valence-corrected chi connectivity index (χ1v) is 14.0. The van der Waals surface area contributed by atoms with Crippen LogP contribution in [-0.4, -0.2) is 15.0 Å². The van der Waals surface area contributed by atoms with Crippen LogP contribution in [0.25, 0.3) is 89.1 Å². The summed E-state index contributed by atoms with van der Waals surface area (Å²) in [7, 11) is 0. The lowest BCUT2D eigenvalue weighted by atomic mass is 9.96. The second-order valence-electron chi connectivity index (χ2n) is 10.4. The maximum absolute atomic E-state index is 6.47. The fraction of sp³-hybridized carbons (Fsp3) is 0.0263. The van der Waals surface area contributed by atoms with E-state index in [4.69, 9.17) is 14.4 Å². The third-order valence-corrected chi connectivity index (χ3v) is 7.97. The van der Waals surface area contributed by atoms with Gasteiger partial charge in [-0.2, -0.15) is 0 Å². The van der Waals surface area contributed by atoms with Crippen LogP contribution in [0.3, 0.4) is 0 Å². The number of fused-ring (bicyclic) bond motifs is 8. The Morgan fingerprint density at radius 1 is 0.714 bits per heavy atom. The average Bonchev–Trinajstić information content (AvgIpc) is 3.41. The zero-order valence-electron chi connectivity index (χ0n) is 23.0. The molecule has 0 spiro atoms. The highest BCUT2D eigenvalue weighted by atomic mass is 16.3. The lowest BCUT2D eigenvalue weighted by Crippen LogP contribution is -1.92. The van der Waals surface area contributed by atoms with Crippen LogP contribution in [0.1, 0.15) is 18.2 Å². The van der Waals surface area contributed by atoms with Crippen molar-refractivity contribution in [2.45, 2.75) is 6.92 Å². The molecule has 0 aliphatic rings. The first-order valence-electron chi connectivity index (χ1n) is 14.0. The molecular formula is C38H25N3O. The molecule has 4 nitrogen and oxygen atoms in total. The van der Waals surface area contributed by atoms with E-state index in [9.17, 15) is 0 Å². The topological polar surface area (TPSA) is 51.8 Å². The number of pyridine rings is 3. The number of hydrogen-bond acceptors (Lipinski definition) is 4. The lowest BCUT2D eigenvalue weighted by molar-refractivity contribution is 0.607. The van der Waals surface area contributed by atoms with Crippen molar-refractivity contribution in [2.24, 2.45) is 0 Å². The number of nitrogens with zero attached hydrogens (tertiary/aromatic N) is 3. The molecule has 0 amide bonds. The molecule has 8 rings (SSSR count). The Balaban J connectivity index is 1.38. The van der Waals surface area contributed by atoms with Gasteiger partial charge in [-0.05, 0) is 43.3 Å². The number of benzene rings is 4. The largest absolute Gasteiger partial charge is 0.455 e. The van der Waals surface area contributed by atoms with E-state index in [1.165, 1.54) is 0 Å². The summed E-state index contributed by atoms with van der Waals surface area (Å²) in [5, 5.41) is 6.37. The Kier molecular flexibility index (Phi) is 5.47. The SMILES string of the molecule is C=Cc1oc2c(ccc3c(-c4cccc(-c5ccc6ccc7cccnc7c6n5)c4)nc4ccccc4c32)c1/C=C\C. The molecule has 0 aliphatic heterocycles. The Morgan fingerprint density at radius 3 is 2.40 bits per heavy atom. The second kappa shape index (κ2) is 9.50. The van der Waals surface area contributed by atoms with Crippen molar-refractivity contribution in [1.82, 2.24) is 15.0 Å². The Hall–Kier alpha value is -5.61. The van der Waals surface area contributed by atoms with Gasteiger partial charge in [0.25, 0.3) is 0 Å². The van der Waals surface area contributed by atoms with Gasteiger partial charge < -0.3 is 4.42 Å². The number of para-hydroxylation sites is 1. The zero-order valence-corrected chi connectivity index (χ0v) is 23.0.